The van der Waals surface area contributed by atoms with Crippen LogP contribution in [0.2, 0.25) is 5.02 Å². The van der Waals surface area contributed by atoms with Crippen LogP contribution in [0.15, 0.2) is 30.3 Å². The Morgan fingerprint density at radius 3 is 2.80 bits per heavy atom. The zero-order valence-electron chi connectivity index (χ0n) is 10.9. The molecule has 0 amide bonds. The van der Waals surface area contributed by atoms with Gasteiger partial charge in [0, 0.05) is 10.9 Å². The highest BCUT2D eigenvalue weighted by Gasteiger charge is 2.10. The molecular weight excluding hydrogens is 294 g/mol. The quantitative estimate of drug-likeness (QED) is 0.781. The second-order valence-corrected chi connectivity index (χ2v) is 5.66. The number of nitrogens with zero attached hydrogens (tertiary/aromatic N) is 1. The molecule has 0 aliphatic carbocycles. The van der Waals surface area contributed by atoms with Crippen LogP contribution >= 0.6 is 22.9 Å². The van der Waals surface area contributed by atoms with Crippen LogP contribution in [-0.2, 0) is 6.42 Å². The molecule has 1 aromatic heterocycles. The Kier molecular flexibility index (Phi) is 4.78. The number of rotatable bonds is 5. The van der Waals surface area contributed by atoms with E-state index in [1.807, 2.05) is 18.2 Å². The van der Waals surface area contributed by atoms with Gasteiger partial charge in [0.05, 0.1) is 15.5 Å². The van der Waals surface area contributed by atoms with Crippen LogP contribution in [0.25, 0.3) is 0 Å². The predicted molar refractivity (Wildman–Crippen MR) is 79.7 cm³/mol. The highest BCUT2D eigenvalue weighted by atomic mass is 35.5. The lowest BCUT2D eigenvalue weighted by Crippen LogP contribution is -2.10. The number of Topliss-reactive ketones (excluding diaryl/α,β-unsaturated/α-hetero) is 1. The maximum Gasteiger partial charge on any atom is 0.210 e. The molecule has 1 aromatic carbocycles. The van der Waals surface area contributed by atoms with Crippen LogP contribution in [0.3, 0.4) is 0 Å². The third-order valence-corrected chi connectivity index (χ3v) is 4.30. The average molecular weight is 306 g/mol. The average Bonchev–Trinajstić information content (AvgIpc) is 2.94. The largest absolute Gasteiger partial charge is 0.485 e. The number of aryl methyl sites for hydroxylation is 1. The molecule has 0 saturated carbocycles. The van der Waals surface area contributed by atoms with Gasteiger partial charge in [0.25, 0.3) is 0 Å². The summed E-state index contributed by atoms with van der Waals surface area (Å²) in [4.78, 5) is 13.8. The number of hydrogen-bond acceptors (Lipinski definition) is 4. The molecule has 0 N–H and O–H groups in total. The molecule has 0 bridgehead atoms. The standard InChI is InChI=1S/C15H12ClNO2S/c1-2-12-5-6-15(20-12)14(18)9-19-11-4-3-10(8-17)13(16)7-11/h3-7H,2,9H2,1H3. The third-order valence-electron chi connectivity index (χ3n) is 2.72. The summed E-state index contributed by atoms with van der Waals surface area (Å²) in [5.41, 5.74) is 0.385. The van der Waals surface area contributed by atoms with E-state index in [1.54, 1.807) is 18.2 Å². The highest BCUT2D eigenvalue weighted by Crippen LogP contribution is 2.22. The van der Waals surface area contributed by atoms with Crippen molar-refractivity contribution < 1.29 is 9.53 Å². The SMILES string of the molecule is CCc1ccc(C(=O)COc2ccc(C#N)c(Cl)c2)s1. The first-order chi connectivity index (χ1) is 9.63. The molecule has 0 unspecified atom stereocenters. The highest BCUT2D eigenvalue weighted by molar-refractivity contribution is 7.14. The lowest BCUT2D eigenvalue weighted by atomic mass is 10.2. The lowest BCUT2D eigenvalue weighted by Gasteiger charge is -2.05. The van der Waals surface area contributed by atoms with Crippen LogP contribution in [0.4, 0.5) is 0 Å². The Hall–Kier alpha value is -1.83. The van der Waals surface area contributed by atoms with Gasteiger partial charge in [-0.25, -0.2) is 0 Å². The number of nitriles is 1. The van der Waals surface area contributed by atoms with Crippen molar-refractivity contribution in [1.29, 1.82) is 5.26 Å². The topological polar surface area (TPSA) is 50.1 Å². The van der Waals surface area contributed by atoms with E-state index in [0.29, 0.717) is 21.2 Å². The number of benzene rings is 1. The molecule has 0 aliphatic heterocycles. The van der Waals surface area contributed by atoms with Crippen LogP contribution < -0.4 is 4.74 Å². The number of carbonyl (C=O) groups excluding carboxylic acids is 1. The Morgan fingerprint density at radius 1 is 1.40 bits per heavy atom. The molecule has 20 heavy (non-hydrogen) atoms. The van der Waals surface area contributed by atoms with Gasteiger partial charge >= 0.3 is 0 Å². The van der Waals surface area contributed by atoms with E-state index in [1.165, 1.54) is 16.2 Å². The van der Waals surface area contributed by atoms with E-state index in [9.17, 15) is 4.79 Å². The Balaban J connectivity index is 2.00. The molecular formula is C15H12ClNO2S. The zero-order valence-corrected chi connectivity index (χ0v) is 12.4. The van der Waals surface area contributed by atoms with E-state index in [2.05, 4.69) is 6.92 Å². The molecule has 102 valence electrons. The van der Waals surface area contributed by atoms with Gasteiger partial charge in [-0.3, -0.25) is 4.79 Å². The number of thiophene rings is 1. The van der Waals surface area contributed by atoms with Crippen molar-refractivity contribution in [3.63, 3.8) is 0 Å². The summed E-state index contributed by atoms with van der Waals surface area (Å²) in [7, 11) is 0. The van der Waals surface area contributed by atoms with Crippen molar-refractivity contribution in [3.05, 3.63) is 50.7 Å². The number of hydrogen-bond donors (Lipinski definition) is 0. The van der Waals surface area contributed by atoms with Crippen molar-refractivity contribution in [3.8, 4) is 11.8 Å². The fourth-order valence-electron chi connectivity index (χ4n) is 1.61. The fraction of sp³-hybridized carbons (Fsp3) is 0.200. The summed E-state index contributed by atoms with van der Waals surface area (Å²) < 4.78 is 5.41. The third kappa shape index (κ3) is 3.38. The van der Waals surface area contributed by atoms with Gasteiger partial charge in [0.15, 0.2) is 6.61 Å². The number of halogens is 1. The van der Waals surface area contributed by atoms with Gasteiger partial charge in [-0.05, 0) is 30.7 Å². The van der Waals surface area contributed by atoms with Gasteiger partial charge in [-0.2, -0.15) is 5.26 Å². The number of ether oxygens (including phenoxy) is 1. The summed E-state index contributed by atoms with van der Waals surface area (Å²) >= 11 is 7.39. The van der Waals surface area contributed by atoms with Crippen molar-refractivity contribution in [1.82, 2.24) is 0 Å². The van der Waals surface area contributed by atoms with Crippen molar-refractivity contribution in [2.75, 3.05) is 6.61 Å². The first-order valence-corrected chi connectivity index (χ1v) is 7.28. The monoisotopic (exact) mass is 305 g/mol. The first kappa shape index (κ1) is 14.6. The smallest absolute Gasteiger partial charge is 0.210 e. The number of carbonyl (C=O) groups is 1. The molecule has 2 aromatic rings. The Bertz CT molecular complexity index is 673. The van der Waals surface area contributed by atoms with Crippen LogP contribution in [0.5, 0.6) is 5.75 Å². The minimum absolute atomic E-state index is 0.0358. The second-order valence-electron chi connectivity index (χ2n) is 4.08. The molecule has 2 rings (SSSR count). The Labute approximate surface area is 126 Å². The zero-order chi connectivity index (χ0) is 14.5. The summed E-state index contributed by atoms with van der Waals surface area (Å²) in [6.45, 7) is 2.02. The molecule has 5 heteroatoms. The van der Waals surface area contributed by atoms with Gasteiger partial charge in [0.2, 0.25) is 5.78 Å². The van der Waals surface area contributed by atoms with E-state index in [-0.39, 0.29) is 12.4 Å². The van der Waals surface area contributed by atoms with Gasteiger partial charge in [-0.1, -0.05) is 18.5 Å². The van der Waals surface area contributed by atoms with E-state index in [0.717, 1.165) is 6.42 Å². The molecule has 3 nitrogen and oxygen atoms in total. The van der Waals surface area contributed by atoms with Gasteiger partial charge in [-0.15, -0.1) is 11.3 Å². The lowest BCUT2D eigenvalue weighted by molar-refractivity contribution is 0.0925. The maximum atomic E-state index is 12.0. The molecule has 0 saturated heterocycles. The summed E-state index contributed by atoms with van der Waals surface area (Å²) in [6.07, 6.45) is 0.921. The molecule has 0 atom stereocenters. The normalized spacial score (nSPS) is 10.1. The van der Waals surface area contributed by atoms with Crippen LogP contribution in [-0.4, -0.2) is 12.4 Å². The molecule has 1 heterocycles. The minimum atomic E-state index is -0.0600. The van der Waals surface area contributed by atoms with E-state index < -0.39 is 0 Å². The van der Waals surface area contributed by atoms with Crippen LogP contribution in [0, 0.1) is 11.3 Å². The van der Waals surface area contributed by atoms with Crippen molar-refractivity contribution >= 4 is 28.7 Å². The van der Waals surface area contributed by atoms with Gasteiger partial charge < -0.3 is 4.74 Å². The summed E-state index contributed by atoms with van der Waals surface area (Å²) in [5, 5.41) is 9.09. The van der Waals surface area contributed by atoms with E-state index >= 15 is 0 Å². The predicted octanol–water partition coefficient (Wildman–Crippen LogP) is 4.10. The minimum Gasteiger partial charge on any atom is -0.485 e. The first-order valence-electron chi connectivity index (χ1n) is 6.08. The molecule has 0 spiro atoms. The summed E-state index contributed by atoms with van der Waals surface area (Å²) in [6, 6.07) is 10.5. The van der Waals surface area contributed by atoms with Crippen LogP contribution in [0.1, 0.15) is 27.0 Å². The second kappa shape index (κ2) is 6.56. The molecule has 0 radical (unpaired) electrons. The molecule has 0 fully saturated rings. The van der Waals surface area contributed by atoms with Crippen molar-refractivity contribution in [2.45, 2.75) is 13.3 Å². The van der Waals surface area contributed by atoms with Gasteiger partial charge in [0.1, 0.15) is 11.8 Å². The molecule has 0 aliphatic rings. The fourth-order valence-corrected chi connectivity index (χ4v) is 2.70. The maximum absolute atomic E-state index is 12.0. The van der Waals surface area contributed by atoms with Crippen molar-refractivity contribution in [2.24, 2.45) is 0 Å². The Morgan fingerprint density at radius 2 is 2.20 bits per heavy atom. The van der Waals surface area contributed by atoms with E-state index in [4.69, 9.17) is 21.6 Å². The number of ketones is 1. The summed E-state index contributed by atoms with van der Waals surface area (Å²) in [5.74, 6) is 0.421.